The quantitative estimate of drug-likeness (QED) is 0.332. The van der Waals surface area contributed by atoms with Crippen molar-refractivity contribution in [3.05, 3.63) is 0 Å². The summed E-state index contributed by atoms with van der Waals surface area (Å²) < 4.78 is -0.571. The van der Waals surface area contributed by atoms with Gasteiger partial charge in [-0.15, -0.1) is 45.4 Å². The van der Waals surface area contributed by atoms with Gasteiger partial charge in [0, 0.05) is 0 Å². The van der Waals surface area contributed by atoms with E-state index >= 15 is 0 Å². The van der Waals surface area contributed by atoms with E-state index in [0.717, 1.165) is 0 Å². The molecule has 0 nitrogen and oxygen atoms in total. The smallest absolute Gasteiger partial charge is 0.144 e. The maximum atomic E-state index is 5.22. The molecule has 5 heteroatoms. The van der Waals surface area contributed by atoms with Gasteiger partial charge in [0.05, 0.1) is 0 Å². The van der Waals surface area contributed by atoms with E-state index in [1.807, 2.05) is 0 Å². The van der Waals surface area contributed by atoms with Crippen molar-refractivity contribution in [1.29, 1.82) is 0 Å². The second-order valence-electron chi connectivity index (χ2n) is 0.590. The van der Waals surface area contributed by atoms with Gasteiger partial charge in [0.2, 0.25) is 0 Å². The van der Waals surface area contributed by atoms with Crippen molar-refractivity contribution in [3.63, 3.8) is 0 Å². The number of rotatable bonds is 1. The zero-order chi connectivity index (χ0) is 5.15. The monoisotopic (exact) mass is 181 g/mol. The van der Waals surface area contributed by atoms with Crippen LogP contribution in [0.2, 0.25) is 0 Å². The normalized spacial score (nSPS) is 11.0. The maximum Gasteiger partial charge on any atom is 0.307 e. The van der Waals surface area contributed by atoms with E-state index in [1.54, 1.807) is 0 Å². The average Bonchev–Trinajstić information content (AvgIpc) is 1.36. The molecule has 0 saturated heterocycles. The minimum Gasteiger partial charge on any atom is -0.144 e. The van der Waals surface area contributed by atoms with Crippen LogP contribution < -0.4 is 0 Å². The van der Waals surface area contributed by atoms with Crippen molar-refractivity contribution >= 4 is 52.8 Å². The molecule has 6 heavy (non-hydrogen) atoms. The molecule has 0 spiro atoms. The zero-order valence-electron chi connectivity index (χ0n) is 2.59. The van der Waals surface area contributed by atoms with E-state index < -0.39 is 11.9 Å². The van der Waals surface area contributed by atoms with Gasteiger partial charge in [-0.2, -0.15) is 0 Å². The van der Waals surface area contributed by atoms with Gasteiger partial charge in [0.1, 0.15) is 4.46 Å². The van der Waals surface area contributed by atoms with Crippen LogP contribution in [-0.2, 0) is 0 Å². The lowest BCUT2D eigenvalue weighted by Crippen LogP contribution is -2.03. The van der Waals surface area contributed by atoms with Crippen molar-refractivity contribution in [2.75, 3.05) is 0 Å². The minimum absolute atomic E-state index is 0.571. The molecule has 0 aromatic carbocycles. The van der Waals surface area contributed by atoms with Gasteiger partial charge in [-0.3, -0.25) is 0 Å². The first-order valence-corrected chi connectivity index (χ1v) is 5.58. The Morgan fingerprint density at radius 1 is 1.17 bits per heavy atom. The third-order valence-corrected chi connectivity index (χ3v) is 4.45. The van der Waals surface area contributed by atoms with Crippen molar-refractivity contribution < 1.29 is 0 Å². The van der Waals surface area contributed by atoms with E-state index in [2.05, 4.69) is 0 Å². The van der Waals surface area contributed by atoms with Crippen molar-refractivity contribution in [1.82, 2.24) is 0 Å². The lowest BCUT2D eigenvalue weighted by atomic mass is 11.9. The van der Waals surface area contributed by atoms with E-state index in [9.17, 15) is 0 Å². The Bertz CT molecular complexity index is 28.5. The first-order chi connectivity index (χ1) is 2.64. The first kappa shape index (κ1) is 7.38. The Labute approximate surface area is 57.3 Å². The summed E-state index contributed by atoms with van der Waals surface area (Å²) in [6.45, 7) is 0. The number of alkyl halides is 2. The maximum absolute atomic E-state index is 5.22. The van der Waals surface area contributed by atoms with Gasteiger partial charge in [-0.05, 0) is 0 Å². The van der Waals surface area contributed by atoms with Gasteiger partial charge in [0.25, 0.3) is 0 Å². The fraction of sp³-hybridized carbons (Fsp3) is 1.00. The predicted molar refractivity (Wildman–Crippen MR) is 33.0 cm³/mol. The summed E-state index contributed by atoms with van der Waals surface area (Å²) in [5.41, 5.74) is 0. The molecule has 0 amide bonds. The zero-order valence-corrected chi connectivity index (χ0v) is 6.61. The Morgan fingerprint density at radius 2 is 1.33 bits per heavy atom. The third kappa shape index (κ3) is 3.56. The van der Waals surface area contributed by atoms with Crippen LogP contribution in [0.15, 0.2) is 0 Å². The summed E-state index contributed by atoms with van der Waals surface area (Å²) in [7, 11) is -1.48. The summed E-state index contributed by atoms with van der Waals surface area (Å²) in [5.74, 6) is 0. The van der Waals surface area contributed by atoms with Crippen LogP contribution in [0.25, 0.3) is 0 Å². The standard InChI is InChI=1S/CHCl4Si/c2-1(3)6(4)5/h1H. The minimum atomic E-state index is -1.48. The van der Waals surface area contributed by atoms with Gasteiger partial charge in [-0.25, -0.2) is 0 Å². The molecule has 0 aromatic heterocycles. The van der Waals surface area contributed by atoms with E-state index in [0.29, 0.717) is 0 Å². The highest BCUT2D eigenvalue weighted by Gasteiger charge is 2.12. The largest absolute Gasteiger partial charge is 0.307 e. The fourth-order valence-electron chi connectivity index (χ4n) is 0. The highest BCUT2D eigenvalue weighted by Crippen LogP contribution is 2.12. The Kier molecular flexibility index (Phi) is 4.17. The third-order valence-electron chi connectivity index (χ3n) is 0.165. The fourth-order valence-corrected chi connectivity index (χ4v) is 0. The molecular formula is CHCl4Si. The molecule has 0 unspecified atom stereocenters. The molecule has 0 fully saturated rings. The van der Waals surface area contributed by atoms with Crippen LogP contribution in [0.4, 0.5) is 0 Å². The molecule has 0 N–H and O–H groups in total. The summed E-state index contributed by atoms with van der Waals surface area (Å²) in [6.07, 6.45) is 0. The van der Waals surface area contributed by atoms with Gasteiger partial charge < -0.3 is 0 Å². The van der Waals surface area contributed by atoms with Crippen LogP contribution >= 0.6 is 45.4 Å². The first-order valence-electron chi connectivity index (χ1n) is 1.10. The molecule has 0 rings (SSSR count). The van der Waals surface area contributed by atoms with Crippen molar-refractivity contribution in [2.24, 2.45) is 0 Å². The number of hydrogen-bond donors (Lipinski definition) is 0. The van der Waals surface area contributed by atoms with Crippen LogP contribution in [-0.4, -0.2) is 11.9 Å². The van der Waals surface area contributed by atoms with Crippen molar-refractivity contribution in [3.8, 4) is 0 Å². The lowest BCUT2D eigenvalue weighted by Gasteiger charge is -1.91. The van der Waals surface area contributed by atoms with E-state index in [1.165, 1.54) is 0 Å². The summed E-state index contributed by atoms with van der Waals surface area (Å²) >= 11 is 20.8. The highest BCUT2D eigenvalue weighted by molar-refractivity contribution is 7.37. The summed E-state index contributed by atoms with van der Waals surface area (Å²) in [6, 6.07) is 0. The van der Waals surface area contributed by atoms with Gasteiger partial charge in [-0.1, -0.05) is 0 Å². The van der Waals surface area contributed by atoms with Gasteiger partial charge in [0.15, 0.2) is 0 Å². The average molecular weight is 183 g/mol. The Morgan fingerprint density at radius 3 is 1.33 bits per heavy atom. The van der Waals surface area contributed by atoms with Crippen LogP contribution in [0.5, 0.6) is 0 Å². The van der Waals surface area contributed by atoms with Crippen molar-refractivity contribution in [2.45, 2.75) is 4.46 Å². The molecule has 0 aromatic rings. The predicted octanol–water partition coefficient (Wildman–Crippen LogP) is 2.30. The Balaban J connectivity index is 2.99. The van der Waals surface area contributed by atoms with Gasteiger partial charge >= 0.3 is 7.42 Å². The second kappa shape index (κ2) is 3.39. The molecule has 1 radical (unpaired) electrons. The Hall–Kier alpha value is 1.38. The molecule has 0 saturated carbocycles. The summed E-state index contributed by atoms with van der Waals surface area (Å²) in [5, 5.41) is 0. The molecule has 37 valence electrons. The molecule has 0 aliphatic rings. The lowest BCUT2D eigenvalue weighted by molar-refractivity contribution is 1.92. The highest BCUT2D eigenvalue weighted by atomic mass is 35.7. The topological polar surface area (TPSA) is 0 Å². The molecule has 0 aliphatic heterocycles. The molecule has 0 bridgehead atoms. The summed E-state index contributed by atoms with van der Waals surface area (Å²) in [4.78, 5) is 0. The molecule has 0 aliphatic carbocycles. The molecule has 0 atom stereocenters. The number of hydrogen-bond acceptors (Lipinski definition) is 0. The van der Waals surface area contributed by atoms with Crippen LogP contribution in [0, 0.1) is 0 Å². The molecular weight excluding hydrogens is 182 g/mol. The molecule has 0 heterocycles. The van der Waals surface area contributed by atoms with E-state index in [-0.39, 0.29) is 0 Å². The van der Waals surface area contributed by atoms with E-state index in [4.69, 9.17) is 45.4 Å². The second-order valence-corrected chi connectivity index (χ2v) is 6.60. The van der Waals surface area contributed by atoms with Crippen LogP contribution in [0.1, 0.15) is 0 Å². The SMILES string of the molecule is ClC(Cl)[Si](Cl)Cl. The van der Waals surface area contributed by atoms with Crippen LogP contribution in [0.3, 0.4) is 0 Å². The number of halogens is 4.